The molecule has 0 spiro atoms. The minimum Gasteiger partial charge on any atom is -0.322 e. The number of rotatable bonds is 8. The molecule has 1 aromatic rings. The van der Waals surface area contributed by atoms with Crippen molar-refractivity contribution in [3.63, 3.8) is 0 Å². The topological polar surface area (TPSA) is 63.4 Å². The maximum absolute atomic E-state index is 12.1. The number of hydrogen-bond donors (Lipinski definition) is 1. The largest absolute Gasteiger partial charge is 0.322 e. The molecular formula is C19H22N2O2. The first-order valence-electron chi connectivity index (χ1n) is 7.29. The predicted molar refractivity (Wildman–Crippen MR) is 94.3 cm³/mol. The molecule has 0 saturated carbocycles. The van der Waals surface area contributed by atoms with Crippen molar-refractivity contribution in [1.82, 2.24) is 4.90 Å². The van der Waals surface area contributed by atoms with Crippen molar-refractivity contribution in [3.05, 3.63) is 78.0 Å². The van der Waals surface area contributed by atoms with Crippen LogP contribution in [0.15, 0.2) is 72.5 Å². The third kappa shape index (κ3) is 6.28. The summed E-state index contributed by atoms with van der Waals surface area (Å²) in [5.41, 5.74) is 7.53. The summed E-state index contributed by atoms with van der Waals surface area (Å²) in [5.74, 6) is -0.306. The molecule has 0 aliphatic rings. The highest BCUT2D eigenvalue weighted by Gasteiger charge is 2.16. The highest BCUT2D eigenvalue weighted by atomic mass is 16.2. The summed E-state index contributed by atoms with van der Waals surface area (Å²) >= 11 is 0. The van der Waals surface area contributed by atoms with Crippen LogP contribution in [-0.4, -0.2) is 30.2 Å². The van der Waals surface area contributed by atoms with E-state index in [2.05, 4.69) is 6.58 Å². The van der Waals surface area contributed by atoms with Gasteiger partial charge in [-0.25, -0.2) is 0 Å². The molecule has 120 valence electrons. The maximum atomic E-state index is 12.1. The van der Waals surface area contributed by atoms with Crippen LogP contribution in [0.1, 0.15) is 12.5 Å². The van der Waals surface area contributed by atoms with Crippen LogP contribution >= 0.6 is 0 Å². The van der Waals surface area contributed by atoms with E-state index in [1.165, 1.54) is 4.90 Å². The van der Waals surface area contributed by atoms with Crippen LogP contribution in [0, 0.1) is 0 Å². The van der Waals surface area contributed by atoms with Crippen LogP contribution in [-0.2, 0) is 9.59 Å². The molecule has 4 nitrogen and oxygen atoms in total. The Morgan fingerprint density at radius 3 is 2.52 bits per heavy atom. The SMILES string of the molecule is C=C/C=C\C=C(/C)CN(C(=O)CN)/C(C=O)=C/c1ccccc1. The number of aldehydes is 1. The van der Waals surface area contributed by atoms with E-state index < -0.39 is 0 Å². The zero-order valence-electron chi connectivity index (χ0n) is 13.3. The summed E-state index contributed by atoms with van der Waals surface area (Å²) < 4.78 is 0. The third-order valence-corrected chi connectivity index (χ3v) is 3.06. The van der Waals surface area contributed by atoms with Crippen molar-refractivity contribution in [2.75, 3.05) is 13.1 Å². The second-order valence-corrected chi connectivity index (χ2v) is 4.92. The van der Waals surface area contributed by atoms with E-state index in [-0.39, 0.29) is 18.1 Å². The molecular weight excluding hydrogens is 288 g/mol. The molecule has 23 heavy (non-hydrogen) atoms. The van der Waals surface area contributed by atoms with Crippen LogP contribution in [0.25, 0.3) is 6.08 Å². The van der Waals surface area contributed by atoms with Gasteiger partial charge < -0.3 is 10.6 Å². The molecule has 0 aliphatic heterocycles. The molecule has 1 amide bonds. The molecule has 0 saturated heterocycles. The fourth-order valence-corrected chi connectivity index (χ4v) is 1.93. The van der Waals surface area contributed by atoms with E-state index >= 15 is 0 Å². The number of nitrogens with zero attached hydrogens (tertiary/aromatic N) is 1. The number of carbonyl (C=O) groups is 2. The van der Waals surface area contributed by atoms with Crippen LogP contribution in [0.4, 0.5) is 0 Å². The van der Waals surface area contributed by atoms with Gasteiger partial charge >= 0.3 is 0 Å². The quantitative estimate of drug-likeness (QED) is 0.456. The fraction of sp³-hybridized carbons (Fsp3) is 0.158. The Hall–Kier alpha value is -2.72. The number of carbonyl (C=O) groups excluding carboxylic acids is 2. The molecule has 0 atom stereocenters. The van der Waals surface area contributed by atoms with Gasteiger partial charge in [0.25, 0.3) is 0 Å². The van der Waals surface area contributed by atoms with E-state index in [1.807, 2.05) is 49.4 Å². The summed E-state index contributed by atoms with van der Waals surface area (Å²) in [7, 11) is 0. The molecule has 1 rings (SSSR count). The van der Waals surface area contributed by atoms with Gasteiger partial charge in [-0.05, 0) is 18.6 Å². The molecule has 2 N–H and O–H groups in total. The van der Waals surface area contributed by atoms with E-state index in [4.69, 9.17) is 5.73 Å². The highest BCUT2D eigenvalue weighted by Crippen LogP contribution is 2.12. The third-order valence-electron chi connectivity index (χ3n) is 3.06. The van der Waals surface area contributed by atoms with E-state index in [9.17, 15) is 9.59 Å². The first-order chi connectivity index (χ1) is 11.1. The minimum atomic E-state index is -0.306. The Kier molecular flexibility index (Phi) is 8.03. The van der Waals surface area contributed by atoms with Crippen molar-refractivity contribution in [3.8, 4) is 0 Å². The standard InChI is InChI=1S/C19H22N2O2/c1-3-4-6-9-16(2)14-21(19(23)13-20)18(15-22)12-17-10-7-5-8-11-17/h3-12,15H,1,13-14,20H2,2H3/b6-4-,16-9+,18-12+. The number of amides is 1. The van der Waals surface area contributed by atoms with Crippen molar-refractivity contribution in [2.24, 2.45) is 5.73 Å². The van der Waals surface area contributed by atoms with Crippen LogP contribution in [0.3, 0.4) is 0 Å². The average Bonchev–Trinajstić information content (AvgIpc) is 2.58. The van der Waals surface area contributed by atoms with Gasteiger partial charge in [0.1, 0.15) is 0 Å². The number of allylic oxidation sites excluding steroid dienone is 5. The molecule has 1 aromatic carbocycles. The van der Waals surface area contributed by atoms with Crippen molar-refractivity contribution < 1.29 is 9.59 Å². The Labute approximate surface area is 137 Å². The second kappa shape index (κ2) is 10.1. The Balaban J connectivity index is 3.08. The van der Waals surface area contributed by atoms with Gasteiger partial charge in [-0.2, -0.15) is 0 Å². The summed E-state index contributed by atoms with van der Waals surface area (Å²) in [6.45, 7) is 5.62. The van der Waals surface area contributed by atoms with Gasteiger partial charge in [0.15, 0.2) is 6.29 Å². The van der Waals surface area contributed by atoms with Gasteiger partial charge in [0.2, 0.25) is 5.91 Å². The van der Waals surface area contributed by atoms with Gasteiger partial charge in [-0.15, -0.1) is 0 Å². The van der Waals surface area contributed by atoms with Crippen molar-refractivity contribution in [2.45, 2.75) is 6.92 Å². The number of nitrogens with two attached hydrogens (primary N) is 1. The molecule has 0 fully saturated rings. The first kappa shape index (κ1) is 18.3. The summed E-state index contributed by atoms with van der Waals surface area (Å²) in [6.07, 6.45) is 9.50. The van der Waals surface area contributed by atoms with E-state index in [0.29, 0.717) is 12.8 Å². The summed E-state index contributed by atoms with van der Waals surface area (Å²) in [4.78, 5) is 25.0. The smallest absolute Gasteiger partial charge is 0.241 e. The lowest BCUT2D eigenvalue weighted by Gasteiger charge is -2.22. The lowest BCUT2D eigenvalue weighted by molar-refractivity contribution is -0.128. The first-order valence-corrected chi connectivity index (χ1v) is 7.29. The second-order valence-electron chi connectivity index (χ2n) is 4.92. The van der Waals surface area contributed by atoms with Crippen molar-refractivity contribution >= 4 is 18.3 Å². The molecule has 0 bridgehead atoms. The molecule has 0 heterocycles. The number of hydrogen-bond acceptors (Lipinski definition) is 3. The van der Waals surface area contributed by atoms with E-state index in [0.717, 1.165) is 11.1 Å². The predicted octanol–water partition coefficient (Wildman–Crippen LogP) is 2.70. The molecule has 0 radical (unpaired) electrons. The van der Waals surface area contributed by atoms with Crippen LogP contribution < -0.4 is 5.73 Å². The Morgan fingerprint density at radius 2 is 1.96 bits per heavy atom. The van der Waals surface area contributed by atoms with Gasteiger partial charge in [-0.1, -0.05) is 66.8 Å². The molecule has 0 aliphatic carbocycles. The van der Waals surface area contributed by atoms with Gasteiger partial charge in [0, 0.05) is 6.54 Å². The lowest BCUT2D eigenvalue weighted by Crippen LogP contribution is -2.37. The monoisotopic (exact) mass is 310 g/mol. The maximum Gasteiger partial charge on any atom is 0.241 e. The highest BCUT2D eigenvalue weighted by molar-refractivity contribution is 5.91. The normalized spacial score (nSPS) is 12.3. The van der Waals surface area contributed by atoms with Crippen LogP contribution in [0.2, 0.25) is 0 Å². The Bertz CT molecular complexity index is 628. The minimum absolute atomic E-state index is 0.157. The van der Waals surface area contributed by atoms with Gasteiger partial charge in [0.05, 0.1) is 12.2 Å². The zero-order chi connectivity index (χ0) is 17.1. The molecule has 0 aromatic heterocycles. The average molecular weight is 310 g/mol. The number of benzene rings is 1. The zero-order valence-corrected chi connectivity index (χ0v) is 13.3. The summed E-state index contributed by atoms with van der Waals surface area (Å²) in [6, 6.07) is 9.36. The summed E-state index contributed by atoms with van der Waals surface area (Å²) in [5, 5.41) is 0. The lowest BCUT2D eigenvalue weighted by atomic mass is 10.1. The van der Waals surface area contributed by atoms with Crippen molar-refractivity contribution in [1.29, 1.82) is 0 Å². The van der Waals surface area contributed by atoms with Crippen LogP contribution in [0.5, 0.6) is 0 Å². The van der Waals surface area contributed by atoms with Gasteiger partial charge in [-0.3, -0.25) is 9.59 Å². The van der Waals surface area contributed by atoms with E-state index in [1.54, 1.807) is 18.2 Å². The molecule has 0 unspecified atom stereocenters. The molecule has 4 heteroatoms. The fourth-order valence-electron chi connectivity index (χ4n) is 1.93. The Morgan fingerprint density at radius 1 is 1.26 bits per heavy atom.